The highest BCUT2D eigenvalue weighted by Gasteiger charge is 2.63. The molecule has 3 aromatic carbocycles. The summed E-state index contributed by atoms with van der Waals surface area (Å²) in [5.41, 5.74) is 3.09. The number of nitrogens with zero attached hydrogens (tertiary/aromatic N) is 2. The highest BCUT2D eigenvalue weighted by molar-refractivity contribution is 5.88. The van der Waals surface area contributed by atoms with E-state index in [1.165, 1.54) is 16.7 Å². The van der Waals surface area contributed by atoms with Crippen molar-refractivity contribution in [1.29, 1.82) is 0 Å². The lowest BCUT2D eigenvalue weighted by molar-refractivity contribution is 0.262. The molecule has 5 rings (SSSR count). The summed E-state index contributed by atoms with van der Waals surface area (Å²) in [6.45, 7) is 8.95. The van der Waals surface area contributed by atoms with Crippen LogP contribution in [0, 0.1) is 0 Å². The van der Waals surface area contributed by atoms with E-state index in [-0.39, 0.29) is 17.6 Å². The van der Waals surface area contributed by atoms with Crippen LogP contribution in [0.2, 0.25) is 0 Å². The quantitative estimate of drug-likeness (QED) is 0.272. The molecule has 1 unspecified atom stereocenters. The lowest BCUT2D eigenvalue weighted by atomic mass is 9.76. The molecule has 0 saturated carbocycles. The van der Waals surface area contributed by atoms with E-state index in [1.807, 2.05) is 6.08 Å². The van der Waals surface area contributed by atoms with E-state index in [0.717, 1.165) is 12.3 Å². The first-order chi connectivity index (χ1) is 15.6. The number of ether oxygens (including phenoxy) is 1. The first kappa shape index (κ1) is 20.7. The minimum absolute atomic E-state index is 0.107. The van der Waals surface area contributed by atoms with Crippen molar-refractivity contribution in [3.8, 4) is 0 Å². The average molecular weight is 423 g/mol. The third kappa shape index (κ3) is 3.37. The number of aliphatic imine (C=N–C) groups is 1. The zero-order valence-electron chi connectivity index (χ0n) is 18.8. The van der Waals surface area contributed by atoms with Gasteiger partial charge in [-0.05, 0) is 37.0 Å². The highest BCUT2D eigenvalue weighted by atomic mass is 16.5. The van der Waals surface area contributed by atoms with Crippen LogP contribution in [0.5, 0.6) is 0 Å². The maximum absolute atomic E-state index is 6.18. The van der Waals surface area contributed by atoms with Crippen LogP contribution in [-0.4, -0.2) is 35.0 Å². The Hall–Kier alpha value is -3.17. The van der Waals surface area contributed by atoms with Crippen LogP contribution in [0.15, 0.2) is 109 Å². The Morgan fingerprint density at radius 1 is 0.906 bits per heavy atom. The monoisotopic (exact) mass is 422 g/mol. The van der Waals surface area contributed by atoms with Crippen molar-refractivity contribution < 1.29 is 4.74 Å². The van der Waals surface area contributed by atoms with Crippen LogP contribution >= 0.6 is 0 Å². The minimum Gasteiger partial charge on any atom is -0.477 e. The van der Waals surface area contributed by atoms with Crippen molar-refractivity contribution in [1.82, 2.24) is 4.90 Å². The second-order valence-electron chi connectivity index (χ2n) is 9.30. The van der Waals surface area contributed by atoms with Crippen molar-refractivity contribution in [2.45, 2.75) is 43.4 Å². The number of benzene rings is 3. The maximum atomic E-state index is 6.18. The van der Waals surface area contributed by atoms with Crippen molar-refractivity contribution >= 4 is 5.90 Å². The summed E-state index contributed by atoms with van der Waals surface area (Å²) in [7, 11) is 0. The van der Waals surface area contributed by atoms with E-state index in [2.05, 4.69) is 116 Å². The van der Waals surface area contributed by atoms with Crippen LogP contribution in [0.1, 0.15) is 37.0 Å². The van der Waals surface area contributed by atoms with E-state index in [1.54, 1.807) is 0 Å². The fourth-order valence-electron chi connectivity index (χ4n) is 5.18. The predicted octanol–water partition coefficient (Wildman–Crippen LogP) is 5.81. The van der Waals surface area contributed by atoms with Gasteiger partial charge < -0.3 is 4.74 Å². The van der Waals surface area contributed by atoms with Crippen molar-refractivity contribution in [3.63, 3.8) is 0 Å². The summed E-state index contributed by atoms with van der Waals surface area (Å²) in [6.07, 6.45) is 2.89. The van der Waals surface area contributed by atoms with Gasteiger partial charge in [0.1, 0.15) is 12.6 Å². The summed E-state index contributed by atoms with van der Waals surface area (Å²) in [5.74, 6) is 0.856. The molecule has 3 atom stereocenters. The Balaban J connectivity index is 1.76. The Morgan fingerprint density at radius 2 is 1.38 bits per heavy atom. The normalized spacial score (nSPS) is 23.8. The van der Waals surface area contributed by atoms with Gasteiger partial charge in [0.2, 0.25) is 5.90 Å². The molecule has 162 valence electrons. The van der Waals surface area contributed by atoms with Gasteiger partial charge in [0.25, 0.3) is 0 Å². The highest BCUT2D eigenvalue weighted by Crippen LogP contribution is 2.53. The molecular formula is C29H30N2O. The minimum atomic E-state index is -0.458. The van der Waals surface area contributed by atoms with Crippen molar-refractivity contribution in [2.24, 2.45) is 4.99 Å². The van der Waals surface area contributed by atoms with Gasteiger partial charge in [0.05, 0.1) is 11.1 Å². The summed E-state index contributed by atoms with van der Waals surface area (Å²) >= 11 is 0. The molecule has 2 aliphatic heterocycles. The van der Waals surface area contributed by atoms with Crippen LogP contribution in [0.3, 0.4) is 0 Å². The van der Waals surface area contributed by atoms with Crippen LogP contribution < -0.4 is 0 Å². The molecule has 1 fully saturated rings. The van der Waals surface area contributed by atoms with Crippen LogP contribution in [0.4, 0.5) is 0 Å². The number of hydrogen-bond acceptors (Lipinski definition) is 3. The molecule has 0 radical (unpaired) electrons. The fourth-order valence-corrected chi connectivity index (χ4v) is 5.18. The lowest BCUT2D eigenvalue weighted by Gasteiger charge is -2.38. The molecule has 3 heteroatoms. The smallest absolute Gasteiger partial charge is 0.203 e. The first-order valence-corrected chi connectivity index (χ1v) is 11.4. The second-order valence-corrected chi connectivity index (χ2v) is 9.30. The molecular weight excluding hydrogens is 392 g/mol. The van der Waals surface area contributed by atoms with E-state index in [4.69, 9.17) is 9.73 Å². The summed E-state index contributed by atoms with van der Waals surface area (Å²) in [6, 6.07) is 32.8. The lowest BCUT2D eigenvalue weighted by Crippen LogP contribution is -2.40. The van der Waals surface area contributed by atoms with Gasteiger partial charge in [-0.1, -0.05) is 97.1 Å². The Morgan fingerprint density at radius 3 is 1.75 bits per heavy atom. The second kappa shape index (κ2) is 8.07. The molecule has 32 heavy (non-hydrogen) atoms. The molecule has 0 amide bonds. The van der Waals surface area contributed by atoms with Gasteiger partial charge in [0, 0.05) is 6.04 Å². The largest absolute Gasteiger partial charge is 0.477 e. The van der Waals surface area contributed by atoms with E-state index < -0.39 is 5.54 Å². The maximum Gasteiger partial charge on any atom is 0.203 e. The third-order valence-electron chi connectivity index (χ3n) is 6.54. The molecule has 3 nitrogen and oxygen atoms in total. The third-order valence-corrected chi connectivity index (χ3v) is 6.54. The van der Waals surface area contributed by atoms with Crippen LogP contribution in [0.25, 0.3) is 0 Å². The van der Waals surface area contributed by atoms with Gasteiger partial charge in [-0.2, -0.15) is 0 Å². The SMILES string of the molecule is C=CC[C@H]1[C@@H](C2=NC(C)(C)CO2)N1C(c1ccccc1)(c1ccccc1)c1ccccc1. The Labute approximate surface area is 191 Å². The van der Waals surface area contributed by atoms with E-state index in [9.17, 15) is 0 Å². The summed E-state index contributed by atoms with van der Waals surface area (Å²) in [5, 5.41) is 0. The van der Waals surface area contributed by atoms with Gasteiger partial charge >= 0.3 is 0 Å². The average Bonchev–Trinajstić information content (AvgIpc) is 3.41. The molecule has 2 aliphatic rings. The molecule has 0 spiro atoms. The Kier molecular flexibility index (Phi) is 5.22. The van der Waals surface area contributed by atoms with Crippen molar-refractivity contribution in [3.05, 3.63) is 120 Å². The van der Waals surface area contributed by atoms with Crippen LogP contribution in [-0.2, 0) is 10.3 Å². The van der Waals surface area contributed by atoms with Gasteiger partial charge in [-0.25, -0.2) is 4.99 Å². The Bertz CT molecular complexity index is 1010. The first-order valence-electron chi connectivity index (χ1n) is 11.4. The van der Waals surface area contributed by atoms with Gasteiger partial charge in [0.15, 0.2) is 0 Å². The zero-order chi connectivity index (χ0) is 22.2. The van der Waals surface area contributed by atoms with E-state index >= 15 is 0 Å². The molecule has 0 aliphatic carbocycles. The number of rotatable bonds is 7. The molecule has 2 heterocycles. The number of hydrogen-bond donors (Lipinski definition) is 0. The van der Waals surface area contributed by atoms with Gasteiger partial charge in [-0.3, -0.25) is 4.90 Å². The predicted molar refractivity (Wildman–Crippen MR) is 131 cm³/mol. The van der Waals surface area contributed by atoms with Crippen molar-refractivity contribution in [2.75, 3.05) is 6.61 Å². The topological polar surface area (TPSA) is 24.6 Å². The summed E-state index contributed by atoms with van der Waals surface area (Å²) < 4.78 is 6.18. The molecule has 0 N–H and O–H groups in total. The molecule has 0 bridgehead atoms. The molecule has 3 aromatic rings. The van der Waals surface area contributed by atoms with Gasteiger partial charge in [-0.15, -0.1) is 6.58 Å². The zero-order valence-corrected chi connectivity index (χ0v) is 18.8. The molecule has 1 saturated heterocycles. The fraction of sp³-hybridized carbons (Fsp3) is 0.276. The van der Waals surface area contributed by atoms with E-state index in [0.29, 0.717) is 6.61 Å². The summed E-state index contributed by atoms with van der Waals surface area (Å²) in [4.78, 5) is 7.56. The molecule has 0 aromatic heterocycles. The standard InChI is InChI=1S/C29H30N2O/c1-4-14-25-26(27-30-28(2,3)21-32-27)31(25)29(22-15-8-5-9-16-22,23-17-10-6-11-18-23)24-19-12-7-13-20-24/h4-13,15-20,25-26H,1,14,21H2,2-3H3/t25-,26-,31?/m0/s1.